The van der Waals surface area contributed by atoms with E-state index >= 15 is 0 Å². The van der Waals surface area contributed by atoms with Gasteiger partial charge in [0.25, 0.3) is 0 Å². The zero-order valence-corrected chi connectivity index (χ0v) is 16.7. The molecule has 1 aliphatic rings. The lowest BCUT2D eigenvalue weighted by Gasteiger charge is -2.09. The number of rotatable bonds is 9. The fourth-order valence-electron chi connectivity index (χ4n) is 3.35. The average Bonchev–Trinajstić information content (AvgIpc) is 2.96. The van der Waals surface area contributed by atoms with E-state index in [1.165, 1.54) is 12.8 Å². The Hall–Kier alpha value is -2.90. The van der Waals surface area contributed by atoms with Gasteiger partial charge in [0.15, 0.2) is 0 Å². The molecule has 2 N–H and O–H groups in total. The first-order valence-electron chi connectivity index (χ1n) is 10.3. The van der Waals surface area contributed by atoms with E-state index in [2.05, 4.69) is 25.4 Å². The Morgan fingerprint density at radius 1 is 1.03 bits per heavy atom. The van der Waals surface area contributed by atoms with Crippen LogP contribution in [0, 0.1) is 0 Å². The van der Waals surface area contributed by atoms with Gasteiger partial charge in [-0.2, -0.15) is 0 Å². The van der Waals surface area contributed by atoms with Crippen molar-refractivity contribution in [3.05, 3.63) is 47.5 Å². The molecule has 2 heterocycles. The number of nitrogens with one attached hydrogen (secondary N) is 2. The molecule has 0 saturated heterocycles. The quantitative estimate of drug-likeness (QED) is 0.631. The Bertz CT molecular complexity index is 791. The van der Waals surface area contributed by atoms with E-state index in [1.54, 1.807) is 0 Å². The van der Waals surface area contributed by atoms with Gasteiger partial charge in [0, 0.05) is 38.9 Å². The van der Waals surface area contributed by atoms with Crippen LogP contribution >= 0.6 is 0 Å². The molecule has 8 heteroatoms. The van der Waals surface area contributed by atoms with Gasteiger partial charge in [-0.15, -0.1) is 10.2 Å². The summed E-state index contributed by atoms with van der Waals surface area (Å²) in [5, 5.41) is 14.1. The Morgan fingerprint density at radius 3 is 2.76 bits per heavy atom. The van der Waals surface area contributed by atoms with Gasteiger partial charge in [-0.25, -0.2) is 4.79 Å². The molecule has 2 amide bonds. The predicted molar refractivity (Wildman–Crippen MR) is 108 cm³/mol. The number of hydrogen-bond donors (Lipinski definition) is 2. The summed E-state index contributed by atoms with van der Waals surface area (Å²) in [6.45, 7) is 2.15. The van der Waals surface area contributed by atoms with Gasteiger partial charge in [0.2, 0.25) is 5.91 Å². The van der Waals surface area contributed by atoms with Crippen LogP contribution in [0.5, 0.6) is 0 Å². The number of aryl methyl sites for hydroxylation is 1. The summed E-state index contributed by atoms with van der Waals surface area (Å²) in [5.41, 5.74) is 0.937. The van der Waals surface area contributed by atoms with Crippen LogP contribution in [0.1, 0.15) is 49.3 Å². The minimum absolute atomic E-state index is 0.0277. The minimum Gasteiger partial charge on any atom is -0.445 e. The third-order valence-electron chi connectivity index (χ3n) is 4.92. The lowest BCUT2D eigenvalue weighted by Crippen LogP contribution is -2.29. The highest BCUT2D eigenvalue weighted by atomic mass is 16.5. The number of hydrogen-bond acceptors (Lipinski definition) is 5. The van der Waals surface area contributed by atoms with Gasteiger partial charge < -0.3 is 19.9 Å². The van der Waals surface area contributed by atoms with Gasteiger partial charge in [-0.3, -0.25) is 4.79 Å². The van der Waals surface area contributed by atoms with Crippen LogP contribution in [-0.2, 0) is 35.5 Å². The highest BCUT2D eigenvalue weighted by Gasteiger charge is 2.14. The van der Waals surface area contributed by atoms with E-state index in [0.717, 1.165) is 36.6 Å². The zero-order valence-electron chi connectivity index (χ0n) is 16.7. The molecule has 1 aromatic carbocycles. The molecule has 29 heavy (non-hydrogen) atoms. The molecule has 0 saturated carbocycles. The number of carbonyl (C=O) groups excluding carboxylic acids is 2. The first kappa shape index (κ1) is 20.8. The maximum atomic E-state index is 12.0. The summed E-state index contributed by atoms with van der Waals surface area (Å²) in [7, 11) is 0. The van der Waals surface area contributed by atoms with Crippen LogP contribution in [-0.4, -0.2) is 39.9 Å². The fourth-order valence-corrected chi connectivity index (χ4v) is 3.35. The molecule has 1 aliphatic heterocycles. The van der Waals surface area contributed by atoms with Crippen molar-refractivity contribution >= 4 is 12.0 Å². The van der Waals surface area contributed by atoms with E-state index < -0.39 is 6.09 Å². The third kappa shape index (κ3) is 6.89. The second kappa shape index (κ2) is 11.2. The van der Waals surface area contributed by atoms with Crippen molar-refractivity contribution in [1.82, 2.24) is 25.4 Å². The molecule has 0 aliphatic carbocycles. The van der Waals surface area contributed by atoms with Crippen LogP contribution in [0.2, 0.25) is 0 Å². The number of amides is 2. The minimum atomic E-state index is -0.471. The van der Waals surface area contributed by atoms with E-state index in [9.17, 15) is 9.59 Å². The summed E-state index contributed by atoms with van der Waals surface area (Å²) >= 11 is 0. The molecule has 0 bridgehead atoms. The monoisotopic (exact) mass is 399 g/mol. The van der Waals surface area contributed by atoms with Gasteiger partial charge >= 0.3 is 6.09 Å². The standard InChI is InChI=1S/C21H29N5O3/c27-20(11-7-13-23-21(28)29-16-17-8-3-1-4-9-17)22-14-12-19-25-24-18-10-5-2-6-15-26(18)19/h1,3-4,8-9H,2,5-7,10-16H2,(H,22,27)(H,23,28). The second-order valence-corrected chi connectivity index (χ2v) is 7.19. The van der Waals surface area contributed by atoms with E-state index in [-0.39, 0.29) is 12.5 Å². The topological polar surface area (TPSA) is 98.1 Å². The van der Waals surface area contributed by atoms with Crippen molar-refractivity contribution in [3.63, 3.8) is 0 Å². The molecule has 0 radical (unpaired) electrons. The maximum Gasteiger partial charge on any atom is 0.407 e. The average molecular weight is 399 g/mol. The molecule has 2 aromatic rings. The highest BCUT2D eigenvalue weighted by Crippen LogP contribution is 2.14. The zero-order chi connectivity index (χ0) is 20.3. The largest absolute Gasteiger partial charge is 0.445 e. The van der Waals surface area contributed by atoms with E-state index in [0.29, 0.717) is 32.4 Å². The molecule has 3 rings (SSSR count). The first-order chi connectivity index (χ1) is 14.2. The number of ether oxygens (including phenoxy) is 1. The lowest BCUT2D eigenvalue weighted by molar-refractivity contribution is -0.121. The van der Waals surface area contributed by atoms with Crippen molar-refractivity contribution < 1.29 is 14.3 Å². The number of nitrogens with zero attached hydrogens (tertiary/aromatic N) is 3. The van der Waals surface area contributed by atoms with Gasteiger partial charge in [-0.05, 0) is 24.8 Å². The molecule has 0 fully saturated rings. The van der Waals surface area contributed by atoms with Crippen molar-refractivity contribution in [2.75, 3.05) is 13.1 Å². The number of alkyl carbamates (subject to hydrolysis) is 1. The third-order valence-corrected chi connectivity index (χ3v) is 4.92. The van der Waals surface area contributed by atoms with Crippen LogP contribution in [0.15, 0.2) is 30.3 Å². The van der Waals surface area contributed by atoms with Gasteiger partial charge in [0.05, 0.1) is 0 Å². The lowest BCUT2D eigenvalue weighted by atomic mass is 10.2. The number of aromatic nitrogens is 3. The Labute approximate surface area is 171 Å². The molecule has 0 atom stereocenters. The Morgan fingerprint density at radius 2 is 1.90 bits per heavy atom. The highest BCUT2D eigenvalue weighted by molar-refractivity contribution is 5.75. The molecular weight excluding hydrogens is 370 g/mol. The van der Waals surface area contributed by atoms with E-state index in [1.807, 2.05) is 30.3 Å². The van der Waals surface area contributed by atoms with Crippen LogP contribution in [0.25, 0.3) is 0 Å². The van der Waals surface area contributed by atoms with E-state index in [4.69, 9.17) is 4.74 Å². The predicted octanol–water partition coefficient (Wildman–Crippen LogP) is 2.37. The second-order valence-electron chi connectivity index (χ2n) is 7.19. The van der Waals surface area contributed by atoms with Crippen molar-refractivity contribution in [1.29, 1.82) is 0 Å². The summed E-state index contributed by atoms with van der Waals surface area (Å²) in [6.07, 6.45) is 5.68. The molecule has 0 unspecified atom stereocenters. The van der Waals surface area contributed by atoms with Gasteiger partial charge in [-0.1, -0.05) is 36.8 Å². The van der Waals surface area contributed by atoms with Gasteiger partial charge in [0.1, 0.15) is 18.3 Å². The van der Waals surface area contributed by atoms with Crippen molar-refractivity contribution in [2.24, 2.45) is 0 Å². The molecular formula is C21H29N5O3. The molecule has 156 valence electrons. The molecule has 1 aromatic heterocycles. The van der Waals surface area contributed by atoms with Crippen molar-refractivity contribution in [2.45, 2.75) is 58.1 Å². The SMILES string of the molecule is O=C(CCCNC(=O)OCc1ccccc1)NCCc1nnc2n1CCCCC2. The molecule has 8 nitrogen and oxygen atoms in total. The Balaban J connectivity index is 1.25. The van der Waals surface area contributed by atoms with Crippen LogP contribution in [0.3, 0.4) is 0 Å². The summed E-state index contributed by atoms with van der Waals surface area (Å²) in [6, 6.07) is 9.50. The number of carbonyl (C=O) groups is 2. The first-order valence-corrected chi connectivity index (χ1v) is 10.3. The summed E-state index contributed by atoms with van der Waals surface area (Å²) in [5.74, 6) is 1.99. The number of benzene rings is 1. The summed E-state index contributed by atoms with van der Waals surface area (Å²) < 4.78 is 7.33. The van der Waals surface area contributed by atoms with Crippen molar-refractivity contribution in [3.8, 4) is 0 Å². The normalized spacial score (nSPS) is 13.2. The van der Waals surface area contributed by atoms with Crippen LogP contribution in [0.4, 0.5) is 4.79 Å². The summed E-state index contributed by atoms with van der Waals surface area (Å²) in [4.78, 5) is 23.6. The Kier molecular flexibility index (Phi) is 8.03. The molecule has 0 spiro atoms. The smallest absolute Gasteiger partial charge is 0.407 e. The maximum absolute atomic E-state index is 12.0. The van der Waals surface area contributed by atoms with Crippen LogP contribution < -0.4 is 10.6 Å². The number of fused-ring (bicyclic) bond motifs is 1. The fraction of sp³-hybridized carbons (Fsp3) is 0.524.